The predicted molar refractivity (Wildman–Crippen MR) is 87.9 cm³/mol. The molecule has 1 amide bonds. The molecule has 0 aliphatic heterocycles. The molecule has 4 heteroatoms. The zero-order valence-corrected chi connectivity index (χ0v) is 13.7. The van der Waals surface area contributed by atoms with Gasteiger partial charge in [0.05, 0.1) is 6.54 Å². The number of amides is 1. The number of aryl methyl sites for hydroxylation is 2. The first-order valence-corrected chi connectivity index (χ1v) is 7.59. The summed E-state index contributed by atoms with van der Waals surface area (Å²) in [5, 5.41) is 2.84. The molecule has 0 unspecified atom stereocenters. The third-order valence-corrected chi connectivity index (χ3v) is 3.77. The van der Waals surface area contributed by atoms with Gasteiger partial charge in [-0.25, -0.2) is 0 Å². The van der Waals surface area contributed by atoms with Crippen LogP contribution in [0.25, 0.3) is 0 Å². The summed E-state index contributed by atoms with van der Waals surface area (Å²) in [4.78, 5) is 11.9. The van der Waals surface area contributed by atoms with E-state index in [1.165, 1.54) is 11.1 Å². The van der Waals surface area contributed by atoms with E-state index in [4.69, 9.17) is 4.74 Å². The molecule has 3 nitrogen and oxygen atoms in total. The number of nitrogens with one attached hydrogen (secondary N) is 1. The van der Waals surface area contributed by atoms with Gasteiger partial charge in [0.15, 0.2) is 0 Å². The number of ether oxygens (including phenoxy) is 1. The molecule has 1 N–H and O–H groups in total. The molecule has 0 radical (unpaired) electrons. The maximum absolute atomic E-state index is 11.9. The van der Waals surface area contributed by atoms with E-state index >= 15 is 0 Å². The quantitative estimate of drug-likeness (QED) is 0.833. The Balaban J connectivity index is 1.77. The van der Waals surface area contributed by atoms with Gasteiger partial charge in [-0.3, -0.25) is 4.79 Å². The molecule has 0 saturated heterocycles. The fraction of sp³-hybridized carbons (Fsp3) is 0.235. The lowest BCUT2D eigenvalue weighted by molar-refractivity contribution is 0.0947. The monoisotopic (exact) mass is 347 g/mol. The molecule has 0 aromatic heterocycles. The minimum absolute atomic E-state index is 0.0915. The normalized spacial score (nSPS) is 10.2. The summed E-state index contributed by atoms with van der Waals surface area (Å²) < 4.78 is 6.58. The van der Waals surface area contributed by atoms with Crippen molar-refractivity contribution in [1.82, 2.24) is 5.32 Å². The van der Waals surface area contributed by atoms with Gasteiger partial charge in [0.25, 0.3) is 5.91 Å². The first-order chi connectivity index (χ1) is 10.1. The molecule has 2 rings (SSSR count). The lowest BCUT2D eigenvalue weighted by atomic mass is 10.1. The zero-order valence-electron chi connectivity index (χ0n) is 12.2. The van der Waals surface area contributed by atoms with Crippen LogP contribution in [0.15, 0.2) is 46.9 Å². The maximum atomic E-state index is 11.9. The van der Waals surface area contributed by atoms with Crippen molar-refractivity contribution in [2.24, 2.45) is 0 Å². The summed E-state index contributed by atoms with van der Waals surface area (Å²) in [6.07, 6.45) is 0. The van der Waals surface area contributed by atoms with E-state index in [-0.39, 0.29) is 5.91 Å². The first-order valence-electron chi connectivity index (χ1n) is 6.80. The average molecular weight is 348 g/mol. The van der Waals surface area contributed by atoms with Crippen LogP contribution in [-0.2, 0) is 0 Å². The minimum atomic E-state index is -0.0915. The van der Waals surface area contributed by atoms with Gasteiger partial charge in [0.1, 0.15) is 12.4 Å². The third-order valence-electron chi connectivity index (χ3n) is 3.24. The van der Waals surface area contributed by atoms with Crippen molar-refractivity contribution >= 4 is 21.8 Å². The van der Waals surface area contributed by atoms with E-state index in [0.717, 1.165) is 10.2 Å². The topological polar surface area (TPSA) is 38.3 Å². The second kappa shape index (κ2) is 7.27. The van der Waals surface area contributed by atoms with Crippen molar-refractivity contribution in [3.8, 4) is 5.75 Å². The van der Waals surface area contributed by atoms with Crippen LogP contribution in [0.3, 0.4) is 0 Å². The summed E-state index contributed by atoms with van der Waals surface area (Å²) in [5.74, 6) is 0.738. The maximum Gasteiger partial charge on any atom is 0.251 e. The fourth-order valence-corrected chi connectivity index (χ4v) is 2.10. The zero-order chi connectivity index (χ0) is 15.2. The van der Waals surface area contributed by atoms with Crippen LogP contribution >= 0.6 is 15.9 Å². The van der Waals surface area contributed by atoms with Crippen LogP contribution in [-0.4, -0.2) is 19.1 Å². The summed E-state index contributed by atoms with van der Waals surface area (Å²) in [5.41, 5.74) is 3.08. The Labute approximate surface area is 133 Å². The van der Waals surface area contributed by atoms with Gasteiger partial charge >= 0.3 is 0 Å². The average Bonchev–Trinajstić information content (AvgIpc) is 2.47. The molecule has 0 saturated carbocycles. The number of carbonyl (C=O) groups is 1. The Morgan fingerprint density at radius 2 is 1.81 bits per heavy atom. The highest BCUT2D eigenvalue weighted by Gasteiger charge is 2.04. The molecular weight excluding hydrogens is 330 g/mol. The summed E-state index contributed by atoms with van der Waals surface area (Å²) in [6.45, 7) is 5.04. The first kappa shape index (κ1) is 15.6. The molecule has 0 aliphatic carbocycles. The van der Waals surface area contributed by atoms with Crippen LogP contribution in [0.1, 0.15) is 21.5 Å². The van der Waals surface area contributed by atoms with E-state index in [9.17, 15) is 4.79 Å². The highest BCUT2D eigenvalue weighted by Crippen LogP contribution is 2.16. The van der Waals surface area contributed by atoms with E-state index in [1.807, 2.05) is 30.3 Å². The SMILES string of the molecule is Cc1ccc(OCCNC(=O)c2ccc(Br)cc2)cc1C. The van der Waals surface area contributed by atoms with Crippen LogP contribution in [0.5, 0.6) is 5.75 Å². The van der Waals surface area contributed by atoms with Gasteiger partial charge in [0, 0.05) is 10.0 Å². The molecule has 0 heterocycles. The minimum Gasteiger partial charge on any atom is -0.492 e. The second-order valence-corrected chi connectivity index (χ2v) is 5.77. The summed E-state index contributed by atoms with van der Waals surface area (Å²) >= 11 is 3.34. The Morgan fingerprint density at radius 1 is 1.10 bits per heavy atom. The van der Waals surface area contributed by atoms with Crippen LogP contribution in [0.2, 0.25) is 0 Å². The Kier molecular flexibility index (Phi) is 5.39. The lowest BCUT2D eigenvalue weighted by Gasteiger charge is -2.09. The number of rotatable bonds is 5. The van der Waals surface area contributed by atoms with Crippen molar-refractivity contribution in [3.05, 3.63) is 63.6 Å². The van der Waals surface area contributed by atoms with Crippen LogP contribution < -0.4 is 10.1 Å². The Morgan fingerprint density at radius 3 is 2.48 bits per heavy atom. The molecule has 110 valence electrons. The van der Waals surface area contributed by atoms with Crippen molar-refractivity contribution < 1.29 is 9.53 Å². The highest BCUT2D eigenvalue weighted by molar-refractivity contribution is 9.10. The molecule has 21 heavy (non-hydrogen) atoms. The predicted octanol–water partition coefficient (Wildman–Crippen LogP) is 3.87. The van der Waals surface area contributed by atoms with Gasteiger partial charge in [-0.15, -0.1) is 0 Å². The highest BCUT2D eigenvalue weighted by atomic mass is 79.9. The number of hydrogen-bond donors (Lipinski definition) is 1. The standard InChI is InChI=1S/C17H18BrNO2/c1-12-3-8-16(11-13(12)2)21-10-9-19-17(20)14-4-6-15(18)7-5-14/h3-8,11H,9-10H2,1-2H3,(H,19,20). The number of benzene rings is 2. The summed E-state index contributed by atoms with van der Waals surface area (Å²) in [7, 11) is 0. The molecule has 0 bridgehead atoms. The van der Waals surface area contributed by atoms with E-state index < -0.39 is 0 Å². The lowest BCUT2D eigenvalue weighted by Crippen LogP contribution is -2.28. The summed E-state index contributed by atoms with van der Waals surface area (Å²) in [6, 6.07) is 13.2. The Bertz CT molecular complexity index is 623. The number of hydrogen-bond acceptors (Lipinski definition) is 2. The van der Waals surface area contributed by atoms with E-state index in [0.29, 0.717) is 18.7 Å². The van der Waals surface area contributed by atoms with Crippen molar-refractivity contribution in [2.45, 2.75) is 13.8 Å². The molecular formula is C17H18BrNO2. The second-order valence-electron chi connectivity index (χ2n) is 4.86. The van der Waals surface area contributed by atoms with Crippen molar-refractivity contribution in [1.29, 1.82) is 0 Å². The molecule has 0 fully saturated rings. The fourth-order valence-electron chi connectivity index (χ4n) is 1.84. The van der Waals surface area contributed by atoms with Gasteiger partial charge < -0.3 is 10.1 Å². The van der Waals surface area contributed by atoms with Gasteiger partial charge in [-0.2, -0.15) is 0 Å². The molecule has 0 atom stereocenters. The number of carbonyl (C=O) groups excluding carboxylic acids is 1. The smallest absolute Gasteiger partial charge is 0.251 e. The van der Waals surface area contributed by atoms with Gasteiger partial charge in [0.2, 0.25) is 0 Å². The van der Waals surface area contributed by atoms with Crippen molar-refractivity contribution in [3.63, 3.8) is 0 Å². The third kappa shape index (κ3) is 4.60. The van der Waals surface area contributed by atoms with Crippen molar-refractivity contribution in [2.75, 3.05) is 13.2 Å². The van der Waals surface area contributed by atoms with E-state index in [1.54, 1.807) is 12.1 Å². The molecule has 0 spiro atoms. The van der Waals surface area contributed by atoms with Crippen LogP contribution in [0.4, 0.5) is 0 Å². The van der Waals surface area contributed by atoms with E-state index in [2.05, 4.69) is 35.1 Å². The Hall–Kier alpha value is -1.81. The number of halogens is 1. The molecule has 0 aliphatic rings. The largest absolute Gasteiger partial charge is 0.492 e. The van der Waals surface area contributed by atoms with Gasteiger partial charge in [-0.05, 0) is 61.4 Å². The molecule has 2 aromatic rings. The van der Waals surface area contributed by atoms with Gasteiger partial charge in [-0.1, -0.05) is 22.0 Å². The van der Waals surface area contributed by atoms with Crippen LogP contribution in [0, 0.1) is 13.8 Å². The molecule has 2 aromatic carbocycles.